The number of rotatable bonds is 3. The highest BCUT2D eigenvalue weighted by Gasteiger charge is 2.68. The highest BCUT2D eigenvalue weighted by atomic mass is 79.9. The van der Waals surface area contributed by atoms with Crippen molar-refractivity contribution in [2.75, 3.05) is 4.90 Å². The van der Waals surface area contributed by atoms with E-state index in [1.54, 1.807) is 0 Å². The third kappa shape index (κ3) is 2.31. The molecule has 1 saturated heterocycles. The van der Waals surface area contributed by atoms with Gasteiger partial charge in [0.1, 0.15) is 6.29 Å². The summed E-state index contributed by atoms with van der Waals surface area (Å²) in [5.41, 5.74) is 2.09. The van der Waals surface area contributed by atoms with Gasteiger partial charge in [-0.05, 0) is 44.3 Å². The molecule has 1 heterocycles. The van der Waals surface area contributed by atoms with Gasteiger partial charge in [-0.25, -0.2) is 4.90 Å². The van der Waals surface area contributed by atoms with Crippen LogP contribution in [0.15, 0.2) is 71.2 Å². The number of nitro groups is 1. The Balaban J connectivity index is 1.60. The number of amides is 2. The quantitative estimate of drug-likeness (QED) is 0.232. The molecule has 0 spiro atoms. The van der Waals surface area contributed by atoms with E-state index < -0.39 is 34.0 Å². The van der Waals surface area contributed by atoms with E-state index in [1.807, 2.05) is 48.5 Å². The van der Waals surface area contributed by atoms with E-state index in [1.165, 1.54) is 18.2 Å². The van der Waals surface area contributed by atoms with Gasteiger partial charge in [-0.15, -0.1) is 0 Å². The van der Waals surface area contributed by atoms with Crippen molar-refractivity contribution in [1.29, 1.82) is 0 Å². The first kappa shape index (κ1) is 20.0. The second-order valence-electron chi connectivity index (χ2n) is 8.55. The summed E-state index contributed by atoms with van der Waals surface area (Å²) in [5.74, 6) is -2.86. The number of hydrogen-bond donors (Lipinski definition) is 0. The van der Waals surface area contributed by atoms with Gasteiger partial charge in [-0.1, -0.05) is 48.5 Å². The van der Waals surface area contributed by atoms with Crippen molar-refractivity contribution in [2.45, 2.75) is 11.3 Å². The largest absolute Gasteiger partial charge is 0.302 e. The molecule has 1 aliphatic heterocycles. The van der Waals surface area contributed by atoms with Crippen molar-refractivity contribution in [3.05, 3.63) is 104 Å². The molecular formula is C25H15BrN2O5. The molecule has 0 unspecified atom stereocenters. The first-order valence-corrected chi connectivity index (χ1v) is 11.2. The van der Waals surface area contributed by atoms with Crippen LogP contribution in [0, 0.1) is 22.0 Å². The van der Waals surface area contributed by atoms with Crippen molar-refractivity contribution in [2.24, 2.45) is 11.8 Å². The van der Waals surface area contributed by atoms with Gasteiger partial charge < -0.3 is 4.79 Å². The zero-order chi connectivity index (χ0) is 23.1. The molecule has 0 saturated carbocycles. The number of imide groups is 1. The molecule has 3 aromatic rings. The number of benzene rings is 3. The molecule has 8 heteroatoms. The smallest absolute Gasteiger partial charge is 0.270 e. The lowest BCUT2D eigenvalue weighted by Crippen LogP contribution is -2.54. The van der Waals surface area contributed by atoms with Gasteiger partial charge >= 0.3 is 0 Å². The molecule has 4 aliphatic rings. The summed E-state index contributed by atoms with van der Waals surface area (Å²) in [6.07, 6.45) is 0.817. The van der Waals surface area contributed by atoms with Gasteiger partial charge in [0.25, 0.3) is 5.69 Å². The average Bonchev–Trinajstić information content (AvgIpc) is 3.10. The number of aldehydes is 1. The van der Waals surface area contributed by atoms with E-state index in [9.17, 15) is 24.5 Å². The Bertz CT molecular complexity index is 1370. The Labute approximate surface area is 196 Å². The third-order valence-electron chi connectivity index (χ3n) is 7.25. The Hall–Kier alpha value is -3.65. The normalized spacial score (nSPS) is 26.6. The van der Waals surface area contributed by atoms with Crippen LogP contribution in [0.1, 0.15) is 28.2 Å². The maximum absolute atomic E-state index is 13.9. The van der Waals surface area contributed by atoms with Crippen LogP contribution < -0.4 is 4.90 Å². The standard InChI is InChI=1S/C25H15BrN2O5/c26-18-11-13(28(32)33)9-10-19(18)27-23(30)21-20-14-5-1-3-7-16(14)25(12-29,22(21)24(27)31)17-8-4-2-6-15(17)20/h1-12,20-22H/t20?,21-,22+,25?/m0/s1. The van der Waals surface area contributed by atoms with Crippen molar-refractivity contribution in [3.8, 4) is 0 Å². The van der Waals surface area contributed by atoms with Crippen LogP contribution in [0.2, 0.25) is 0 Å². The van der Waals surface area contributed by atoms with Gasteiger partial charge in [0.05, 0.1) is 27.9 Å². The minimum atomic E-state index is -1.28. The highest BCUT2D eigenvalue weighted by molar-refractivity contribution is 9.10. The summed E-state index contributed by atoms with van der Waals surface area (Å²) in [6, 6.07) is 18.9. The lowest BCUT2D eigenvalue weighted by molar-refractivity contribution is -0.384. The average molecular weight is 503 g/mol. The molecule has 2 bridgehead atoms. The molecule has 2 amide bonds. The molecule has 162 valence electrons. The highest BCUT2D eigenvalue weighted by Crippen LogP contribution is 2.63. The van der Waals surface area contributed by atoms with Crippen LogP contribution in [0.25, 0.3) is 0 Å². The second kappa shape index (κ2) is 6.68. The summed E-state index contributed by atoms with van der Waals surface area (Å²) >= 11 is 3.29. The Morgan fingerprint density at radius 1 is 0.939 bits per heavy atom. The lowest BCUT2D eigenvalue weighted by Gasteiger charge is -2.51. The predicted molar refractivity (Wildman–Crippen MR) is 122 cm³/mol. The molecule has 3 aromatic carbocycles. The fraction of sp³-hybridized carbons (Fsp3) is 0.160. The second-order valence-corrected chi connectivity index (χ2v) is 9.40. The maximum Gasteiger partial charge on any atom is 0.270 e. The first-order chi connectivity index (χ1) is 15.9. The van der Waals surface area contributed by atoms with E-state index in [2.05, 4.69) is 15.9 Å². The van der Waals surface area contributed by atoms with Crippen molar-refractivity contribution >= 4 is 45.4 Å². The van der Waals surface area contributed by atoms with Gasteiger partial charge in [-0.3, -0.25) is 19.7 Å². The van der Waals surface area contributed by atoms with Crippen molar-refractivity contribution < 1.29 is 19.3 Å². The zero-order valence-corrected chi connectivity index (χ0v) is 18.6. The predicted octanol–water partition coefficient (Wildman–Crippen LogP) is 4.11. The number of carbonyl (C=O) groups excluding carboxylic acids is 3. The van der Waals surface area contributed by atoms with Crippen LogP contribution in [0.5, 0.6) is 0 Å². The summed E-state index contributed by atoms with van der Waals surface area (Å²) in [4.78, 5) is 52.3. The molecule has 0 N–H and O–H groups in total. The molecule has 33 heavy (non-hydrogen) atoms. The SMILES string of the molecule is O=CC12c3ccccc3C(c3ccccc31)[C@@H]1C(=O)N(c3ccc([N+](=O)[O-])cc3Br)C(=O)[C@@H]12. The van der Waals surface area contributed by atoms with Gasteiger partial charge in [-0.2, -0.15) is 0 Å². The first-order valence-electron chi connectivity index (χ1n) is 10.4. The van der Waals surface area contributed by atoms with E-state index in [4.69, 9.17) is 0 Å². The van der Waals surface area contributed by atoms with E-state index in [-0.39, 0.29) is 21.8 Å². The number of nitrogens with zero attached hydrogens (tertiary/aromatic N) is 2. The number of carbonyl (C=O) groups is 3. The number of halogens is 1. The Morgan fingerprint density at radius 2 is 1.55 bits per heavy atom. The monoisotopic (exact) mass is 502 g/mol. The van der Waals surface area contributed by atoms with Gasteiger partial charge in [0.15, 0.2) is 0 Å². The Morgan fingerprint density at radius 3 is 2.09 bits per heavy atom. The fourth-order valence-electron chi connectivity index (χ4n) is 6.06. The van der Waals surface area contributed by atoms with E-state index in [0.29, 0.717) is 0 Å². The molecule has 1 fully saturated rings. The van der Waals surface area contributed by atoms with Crippen LogP contribution in [-0.2, 0) is 19.8 Å². The maximum atomic E-state index is 13.9. The van der Waals surface area contributed by atoms with Crippen LogP contribution in [0.3, 0.4) is 0 Å². The summed E-state index contributed by atoms with van der Waals surface area (Å²) in [5, 5.41) is 11.1. The molecule has 7 rings (SSSR count). The summed E-state index contributed by atoms with van der Waals surface area (Å²) in [7, 11) is 0. The summed E-state index contributed by atoms with van der Waals surface area (Å²) in [6.45, 7) is 0. The fourth-order valence-corrected chi connectivity index (χ4v) is 6.60. The summed E-state index contributed by atoms with van der Waals surface area (Å²) < 4.78 is 0.263. The van der Waals surface area contributed by atoms with E-state index >= 15 is 0 Å². The molecule has 3 aliphatic carbocycles. The number of nitro benzene ring substituents is 1. The van der Waals surface area contributed by atoms with Crippen LogP contribution >= 0.6 is 15.9 Å². The molecule has 2 atom stereocenters. The molecule has 0 aromatic heterocycles. The van der Waals surface area contributed by atoms with Crippen molar-refractivity contribution in [1.82, 2.24) is 0 Å². The number of non-ortho nitro benzene ring substituents is 1. The van der Waals surface area contributed by atoms with Gasteiger partial charge in [0, 0.05) is 22.5 Å². The van der Waals surface area contributed by atoms with Crippen molar-refractivity contribution in [3.63, 3.8) is 0 Å². The van der Waals surface area contributed by atoms with E-state index in [0.717, 1.165) is 33.4 Å². The third-order valence-corrected chi connectivity index (χ3v) is 7.89. The van der Waals surface area contributed by atoms with Crippen LogP contribution in [-0.4, -0.2) is 23.0 Å². The van der Waals surface area contributed by atoms with Crippen LogP contribution in [0.4, 0.5) is 11.4 Å². The Kier molecular flexibility index (Phi) is 4.05. The van der Waals surface area contributed by atoms with Gasteiger partial charge in [0.2, 0.25) is 11.8 Å². The topological polar surface area (TPSA) is 97.6 Å². The number of hydrogen-bond acceptors (Lipinski definition) is 5. The molecule has 7 nitrogen and oxygen atoms in total. The lowest BCUT2D eigenvalue weighted by atomic mass is 9.48. The zero-order valence-electron chi connectivity index (χ0n) is 17.0. The molecule has 0 radical (unpaired) electrons. The number of anilines is 1. The minimum absolute atomic E-state index is 0.161. The minimum Gasteiger partial charge on any atom is -0.302 e. The molecular weight excluding hydrogens is 488 g/mol.